The van der Waals surface area contributed by atoms with E-state index in [0.29, 0.717) is 20.3 Å². The Balaban J connectivity index is 2.41. The van der Waals surface area contributed by atoms with Gasteiger partial charge in [0.2, 0.25) is 0 Å². The van der Waals surface area contributed by atoms with Crippen LogP contribution in [0, 0.1) is 0 Å². The second kappa shape index (κ2) is 6.05. The molecule has 0 fully saturated rings. The third-order valence-corrected chi connectivity index (χ3v) is 5.91. The fourth-order valence-electron chi connectivity index (χ4n) is 1.51. The zero-order chi connectivity index (χ0) is 14.9. The predicted octanol–water partition coefficient (Wildman–Crippen LogP) is 4.36. The lowest BCUT2D eigenvalue weighted by Crippen LogP contribution is -2.14. The second-order valence-corrected chi connectivity index (χ2v) is 8.19. The Hall–Kier alpha value is -0.570. The van der Waals surface area contributed by atoms with Crippen molar-refractivity contribution in [3.8, 4) is 0 Å². The standard InChI is InChI=1S/C12H9Br3N2O2S/c13-7-1-3-11(9(14)5-7)17-20(18,19)12-4-2-8(16)6-10(12)15/h1-6,17H,16H2. The first-order valence-electron chi connectivity index (χ1n) is 5.32. The van der Waals surface area contributed by atoms with Gasteiger partial charge in [0.15, 0.2) is 0 Å². The second-order valence-electron chi connectivity index (χ2n) is 3.92. The van der Waals surface area contributed by atoms with Crippen LogP contribution in [0.2, 0.25) is 0 Å². The zero-order valence-electron chi connectivity index (χ0n) is 9.90. The largest absolute Gasteiger partial charge is 0.399 e. The summed E-state index contributed by atoms with van der Waals surface area (Å²) in [5.41, 5.74) is 6.55. The highest BCUT2D eigenvalue weighted by Crippen LogP contribution is 2.30. The highest BCUT2D eigenvalue weighted by atomic mass is 79.9. The van der Waals surface area contributed by atoms with E-state index in [1.807, 2.05) is 0 Å². The molecule has 0 aliphatic rings. The van der Waals surface area contributed by atoms with Gasteiger partial charge in [-0.3, -0.25) is 4.72 Å². The minimum Gasteiger partial charge on any atom is -0.399 e. The van der Waals surface area contributed by atoms with E-state index >= 15 is 0 Å². The van der Waals surface area contributed by atoms with Crippen LogP contribution < -0.4 is 10.5 Å². The van der Waals surface area contributed by atoms with Crippen LogP contribution in [0.5, 0.6) is 0 Å². The van der Waals surface area contributed by atoms with E-state index in [1.165, 1.54) is 12.1 Å². The first kappa shape index (κ1) is 15.8. The van der Waals surface area contributed by atoms with E-state index in [0.717, 1.165) is 4.47 Å². The lowest BCUT2D eigenvalue weighted by atomic mass is 10.3. The lowest BCUT2D eigenvalue weighted by molar-refractivity contribution is 0.601. The minimum atomic E-state index is -3.69. The van der Waals surface area contributed by atoms with Crippen molar-refractivity contribution in [2.75, 3.05) is 10.5 Å². The van der Waals surface area contributed by atoms with E-state index in [4.69, 9.17) is 5.73 Å². The smallest absolute Gasteiger partial charge is 0.263 e. The Morgan fingerprint density at radius 2 is 1.65 bits per heavy atom. The molecule has 0 spiro atoms. The highest BCUT2D eigenvalue weighted by Gasteiger charge is 2.19. The van der Waals surface area contributed by atoms with E-state index in [2.05, 4.69) is 52.5 Å². The molecule has 0 radical (unpaired) electrons. The summed E-state index contributed by atoms with van der Waals surface area (Å²) >= 11 is 9.83. The third kappa shape index (κ3) is 3.55. The Morgan fingerprint density at radius 1 is 0.950 bits per heavy atom. The van der Waals surface area contributed by atoms with Crippen LogP contribution in [-0.2, 0) is 10.0 Å². The van der Waals surface area contributed by atoms with Gasteiger partial charge in [0.05, 0.1) is 5.69 Å². The number of rotatable bonds is 3. The van der Waals surface area contributed by atoms with Crippen LogP contribution in [0.1, 0.15) is 0 Å². The normalized spacial score (nSPS) is 11.3. The van der Waals surface area contributed by atoms with E-state index < -0.39 is 10.0 Å². The molecule has 0 amide bonds. The Bertz CT molecular complexity index is 763. The van der Waals surface area contributed by atoms with Gasteiger partial charge in [-0.25, -0.2) is 8.42 Å². The van der Waals surface area contributed by atoms with Gasteiger partial charge in [-0.15, -0.1) is 0 Å². The summed E-state index contributed by atoms with van der Waals surface area (Å²) in [6, 6.07) is 9.71. The SMILES string of the molecule is Nc1ccc(S(=O)(=O)Nc2ccc(Br)cc2Br)c(Br)c1. The number of anilines is 2. The van der Waals surface area contributed by atoms with E-state index in [1.54, 1.807) is 24.3 Å². The molecule has 0 saturated heterocycles. The summed E-state index contributed by atoms with van der Waals surface area (Å²) in [6.07, 6.45) is 0. The Labute approximate surface area is 142 Å². The van der Waals surface area contributed by atoms with Gasteiger partial charge in [0.1, 0.15) is 4.90 Å². The Morgan fingerprint density at radius 3 is 2.25 bits per heavy atom. The average Bonchev–Trinajstić information content (AvgIpc) is 2.32. The molecule has 0 atom stereocenters. The van der Waals surface area contributed by atoms with Crippen LogP contribution in [0.3, 0.4) is 0 Å². The van der Waals surface area contributed by atoms with Gasteiger partial charge in [-0.05, 0) is 68.3 Å². The summed E-state index contributed by atoms with van der Waals surface area (Å²) in [6.45, 7) is 0. The van der Waals surface area contributed by atoms with Crippen molar-refractivity contribution in [3.05, 3.63) is 49.8 Å². The fraction of sp³-hybridized carbons (Fsp3) is 0. The topological polar surface area (TPSA) is 72.2 Å². The molecule has 20 heavy (non-hydrogen) atoms. The molecule has 2 rings (SSSR count). The van der Waals surface area contributed by atoms with Crippen molar-refractivity contribution in [3.63, 3.8) is 0 Å². The van der Waals surface area contributed by atoms with Gasteiger partial charge < -0.3 is 5.73 Å². The van der Waals surface area contributed by atoms with Gasteiger partial charge in [0.25, 0.3) is 10.0 Å². The summed E-state index contributed by atoms with van der Waals surface area (Å²) in [5.74, 6) is 0. The van der Waals surface area contributed by atoms with Crippen molar-refractivity contribution < 1.29 is 8.42 Å². The van der Waals surface area contributed by atoms with Crippen LogP contribution in [-0.4, -0.2) is 8.42 Å². The number of halogens is 3. The maximum absolute atomic E-state index is 12.4. The van der Waals surface area contributed by atoms with Crippen molar-refractivity contribution in [2.45, 2.75) is 4.90 Å². The van der Waals surface area contributed by atoms with E-state index in [-0.39, 0.29) is 4.90 Å². The van der Waals surface area contributed by atoms with Crippen molar-refractivity contribution in [1.82, 2.24) is 0 Å². The number of nitrogen functional groups attached to an aromatic ring is 1. The average molecular weight is 485 g/mol. The number of hydrogen-bond donors (Lipinski definition) is 2. The molecule has 3 N–H and O–H groups in total. The highest BCUT2D eigenvalue weighted by molar-refractivity contribution is 9.11. The molecule has 8 heteroatoms. The molecule has 4 nitrogen and oxygen atoms in total. The van der Waals surface area contributed by atoms with Gasteiger partial charge in [-0.1, -0.05) is 15.9 Å². The Kier molecular flexibility index (Phi) is 4.78. The van der Waals surface area contributed by atoms with Crippen LogP contribution in [0.15, 0.2) is 54.7 Å². The van der Waals surface area contributed by atoms with Crippen LogP contribution >= 0.6 is 47.8 Å². The third-order valence-electron chi connectivity index (χ3n) is 2.42. The fourth-order valence-corrected chi connectivity index (χ4v) is 4.96. The van der Waals surface area contributed by atoms with Crippen LogP contribution in [0.25, 0.3) is 0 Å². The molecule has 0 heterocycles. The number of benzene rings is 2. The first-order chi connectivity index (χ1) is 9.29. The van der Waals surface area contributed by atoms with Gasteiger partial charge >= 0.3 is 0 Å². The molecule has 0 aliphatic carbocycles. The molecule has 0 aromatic heterocycles. The molecule has 106 valence electrons. The van der Waals surface area contributed by atoms with Crippen molar-refractivity contribution >= 4 is 69.2 Å². The monoisotopic (exact) mass is 482 g/mol. The molecule has 2 aromatic carbocycles. The summed E-state index contributed by atoms with van der Waals surface area (Å²) in [5, 5.41) is 0. The summed E-state index contributed by atoms with van der Waals surface area (Å²) in [4.78, 5) is 0.126. The quantitative estimate of drug-likeness (QED) is 0.636. The molecule has 0 bridgehead atoms. The molecule has 0 unspecified atom stereocenters. The number of sulfonamides is 1. The van der Waals surface area contributed by atoms with Gasteiger partial charge in [0, 0.05) is 19.1 Å². The molecule has 2 aromatic rings. The van der Waals surface area contributed by atoms with Crippen molar-refractivity contribution in [2.24, 2.45) is 0 Å². The van der Waals surface area contributed by atoms with E-state index in [9.17, 15) is 8.42 Å². The molecule has 0 aliphatic heterocycles. The number of hydrogen-bond acceptors (Lipinski definition) is 3. The summed E-state index contributed by atoms with van der Waals surface area (Å²) < 4.78 is 29.1. The maximum Gasteiger partial charge on any atom is 0.263 e. The summed E-state index contributed by atoms with van der Waals surface area (Å²) in [7, 11) is -3.69. The first-order valence-corrected chi connectivity index (χ1v) is 9.19. The number of nitrogens with one attached hydrogen (secondary N) is 1. The van der Waals surface area contributed by atoms with Gasteiger partial charge in [-0.2, -0.15) is 0 Å². The van der Waals surface area contributed by atoms with Crippen molar-refractivity contribution in [1.29, 1.82) is 0 Å². The minimum absolute atomic E-state index is 0.126. The zero-order valence-corrected chi connectivity index (χ0v) is 15.5. The maximum atomic E-state index is 12.4. The molecule has 0 saturated carbocycles. The molecular weight excluding hydrogens is 476 g/mol. The lowest BCUT2D eigenvalue weighted by Gasteiger charge is -2.11. The van der Waals surface area contributed by atoms with Crippen LogP contribution in [0.4, 0.5) is 11.4 Å². The predicted molar refractivity (Wildman–Crippen MR) is 91.2 cm³/mol. The molecular formula is C12H9Br3N2O2S. The number of nitrogens with two attached hydrogens (primary N) is 1.